The maximum atomic E-state index is 5.94. The number of nitrogens with one attached hydrogen (secondary N) is 1. The molecule has 0 aliphatic heterocycles. The van der Waals surface area contributed by atoms with Gasteiger partial charge >= 0.3 is 0 Å². The molecule has 2 heteroatoms. The van der Waals surface area contributed by atoms with Gasteiger partial charge in [0, 0.05) is 11.6 Å². The summed E-state index contributed by atoms with van der Waals surface area (Å²) in [7, 11) is 0. The van der Waals surface area contributed by atoms with E-state index >= 15 is 0 Å². The van der Waals surface area contributed by atoms with Crippen LogP contribution in [0.5, 0.6) is 5.75 Å². The zero-order valence-corrected chi connectivity index (χ0v) is 13.9. The van der Waals surface area contributed by atoms with E-state index in [4.69, 9.17) is 4.74 Å². The molecule has 0 spiro atoms. The lowest BCUT2D eigenvalue weighted by atomic mass is 9.99. The van der Waals surface area contributed by atoms with Gasteiger partial charge in [-0.05, 0) is 52.1 Å². The van der Waals surface area contributed by atoms with Crippen LogP contribution in [0.2, 0.25) is 0 Å². The number of rotatable bonds is 6. The van der Waals surface area contributed by atoms with E-state index in [1.807, 2.05) is 0 Å². The van der Waals surface area contributed by atoms with E-state index in [0.29, 0.717) is 6.04 Å². The number of hydrogen-bond acceptors (Lipinski definition) is 2. The molecule has 0 amide bonds. The zero-order valence-electron chi connectivity index (χ0n) is 13.9. The van der Waals surface area contributed by atoms with Crippen LogP contribution < -0.4 is 10.1 Å². The lowest BCUT2D eigenvalue weighted by Crippen LogP contribution is -2.26. The molecule has 1 aliphatic carbocycles. The smallest absolute Gasteiger partial charge is 0.124 e. The predicted molar refractivity (Wildman–Crippen MR) is 89.8 cm³/mol. The molecule has 1 aromatic carbocycles. The summed E-state index contributed by atoms with van der Waals surface area (Å²) < 4.78 is 5.94. The molecule has 1 N–H and O–H groups in total. The van der Waals surface area contributed by atoms with Crippen molar-refractivity contribution in [2.45, 2.75) is 71.4 Å². The van der Waals surface area contributed by atoms with Gasteiger partial charge in [0.15, 0.2) is 0 Å². The molecule has 1 aliphatic rings. The normalized spacial score (nSPS) is 18.5. The summed E-state index contributed by atoms with van der Waals surface area (Å²) in [5.41, 5.74) is 1.28. The fourth-order valence-electron chi connectivity index (χ4n) is 3.22. The van der Waals surface area contributed by atoms with Gasteiger partial charge in [0.05, 0.1) is 6.10 Å². The third-order valence-corrected chi connectivity index (χ3v) is 4.44. The third-order valence-electron chi connectivity index (χ3n) is 4.44. The second kappa shape index (κ2) is 8.43. The standard InChI is InChI=1S/C19H31NO/c1-15(2)21-19-13-9-8-12-18(19)16(3)20-14-17-10-6-4-5-7-11-17/h8-9,12-13,15-17,20H,4-7,10-11,14H2,1-3H3. The highest BCUT2D eigenvalue weighted by molar-refractivity contribution is 5.35. The molecule has 1 atom stereocenters. The van der Waals surface area contributed by atoms with E-state index in [1.165, 1.54) is 44.1 Å². The molecular weight excluding hydrogens is 258 g/mol. The number of hydrogen-bond donors (Lipinski definition) is 1. The molecule has 118 valence electrons. The average Bonchev–Trinajstić information content (AvgIpc) is 2.73. The second-order valence-electron chi connectivity index (χ2n) is 6.69. The Morgan fingerprint density at radius 1 is 1.05 bits per heavy atom. The molecule has 1 fully saturated rings. The van der Waals surface area contributed by atoms with Crippen LogP contribution in [0.3, 0.4) is 0 Å². The minimum atomic E-state index is 0.222. The van der Waals surface area contributed by atoms with Crippen LogP contribution in [-0.4, -0.2) is 12.6 Å². The molecule has 0 radical (unpaired) electrons. The van der Waals surface area contributed by atoms with Gasteiger partial charge in [0.25, 0.3) is 0 Å². The van der Waals surface area contributed by atoms with Crippen molar-refractivity contribution >= 4 is 0 Å². The van der Waals surface area contributed by atoms with Crippen molar-refractivity contribution in [1.82, 2.24) is 5.32 Å². The number of ether oxygens (including phenoxy) is 1. The Balaban J connectivity index is 1.91. The van der Waals surface area contributed by atoms with Crippen LogP contribution in [0.4, 0.5) is 0 Å². The maximum absolute atomic E-state index is 5.94. The Hall–Kier alpha value is -1.02. The molecule has 1 unspecified atom stereocenters. The van der Waals surface area contributed by atoms with Crippen LogP contribution >= 0.6 is 0 Å². The van der Waals surface area contributed by atoms with E-state index in [0.717, 1.165) is 18.2 Å². The van der Waals surface area contributed by atoms with Crippen molar-refractivity contribution in [2.24, 2.45) is 5.92 Å². The summed E-state index contributed by atoms with van der Waals surface area (Å²) in [6.45, 7) is 7.55. The van der Waals surface area contributed by atoms with Crippen molar-refractivity contribution in [3.05, 3.63) is 29.8 Å². The number of benzene rings is 1. The Morgan fingerprint density at radius 2 is 1.71 bits per heavy atom. The summed E-state index contributed by atoms with van der Waals surface area (Å²) in [5.74, 6) is 1.88. The van der Waals surface area contributed by atoms with Gasteiger partial charge in [0.2, 0.25) is 0 Å². The zero-order chi connectivity index (χ0) is 15.1. The molecule has 2 nitrogen and oxygen atoms in total. The van der Waals surface area contributed by atoms with E-state index in [-0.39, 0.29) is 6.10 Å². The average molecular weight is 289 g/mol. The Labute approximate surface area is 130 Å². The fourth-order valence-corrected chi connectivity index (χ4v) is 3.22. The first-order chi connectivity index (χ1) is 10.2. The Kier molecular flexibility index (Phi) is 6.56. The van der Waals surface area contributed by atoms with Gasteiger partial charge in [-0.15, -0.1) is 0 Å². The second-order valence-corrected chi connectivity index (χ2v) is 6.69. The van der Waals surface area contributed by atoms with E-state index in [1.54, 1.807) is 0 Å². The van der Waals surface area contributed by atoms with Gasteiger partial charge in [0.1, 0.15) is 5.75 Å². The van der Waals surface area contributed by atoms with Crippen LogP contribution in [0, 0.1) is 5.92 Å². The highest BCUT2D eigenvalue weighted by Crippen LogP contribution is 2.27. The van der Waals surface area contributed by atoms with E-state index in [2.05, 4.69) is 50.4 Å². The van der Waals surface area contributed by atoms with Crippen molar-refractivity contribution < 1.29 is 4.74 Å². The van der Waals surface area contributed by atoms with Crippen molar-refractivity contribution in [3.8, 4) is 5.75 Å². The molecule has 0 bridgehead atoms. The van der Waals surface area contributed by atoms with E-state index in [9.17, 15) is 0 Å². The lowest BCUT2D eigenvalue weighted by molar-refractivity contribution is 0.237. The number of para-hydroxylation sites is 1. The van der Waals surface area contributed by atoms with Crippen molar-refractivity contribution in [3.63, 3.8) is 0 Å². The van der Waals surface area contributed by atoms with Crippen molar-refractivity contribution in [2.75, 3.05) is 6.54 Å². The van der Waals surface area contributed by atoms with Gasteiger partial charge in [-0.25, -0.2) is 0 Å². The minimum absolute atomic E-state index is 0.222. The first-order valence-corrected chi connectivity index (χ1v) is 8.65. The van der Waals surface area contributed by atoms with Crippen molar-refractivity contribution in [1.29, 1.82) is 0 Å². The molecule has 1 saturated carbocycles. The predicted octanol–water partition coefficient (Wildman–Crippen LogP) is 5.09. The first-order valence-electron chi connectivity index (χ1n) is 8.65. The molecule has 1 aromatic rings. The minimum Gasteiger partial charge on any atom is -0.491 e. The van der Waals surface area contributed by atoms with Gasteiger partial charge in [-0.3, -0.25) is 0 Å². The molecule has 0 heterocycles. The van der Waals surface area contributed by atoms with Crippen LogP contribution in [-0.2, 0) is 0 Å². The molecule has 2 rings (SSSR count). The third kappa shape index (κ3) is 5.35. The first kappa shape index (κ1) is 16.4. The Bertz CT molecular complexity index is 408. The SMILES string of the molecule is CC(C)Oc1ccccc1C(C)NCC1CCCCCC1. The molecule has 21 heavy (non-hydrogen) atoms. The monoisotopic (exact) mass is 289 g/mol. The summed E-state index contributed by atoms with van der Waals surface area (Å²) >= 11 is 0. The fraction of sp³-hybridized carbons (Fsp3) is 0.684. The summed E-state index contributed by atoms with van der Waals surface area (Å²) in [4.78, 5) is 0. The molecule has 0 saturated heterocycles. The maximum Gasteiger partial charge on any atom is 0.124 e. The summed E-state index contributed by atoms with van der Waals surface area (Å²) in [5, 5.41) is 3.73. The summed E-state index contributed by atoms with van der Waals surface area (Å²) in [6, 6.07) is 8.77. The lowest BCUT2D eigenvalue weighted by Gasteiger charge is -2.22. The molecule has 0 aromatic heterocycles. The van der Waals surface area contributed by atoms with Crippen LogP contribution in [0.1, 0.15) is 70.9 Å². The largest absolute Gasteiger partial charge is 0.491 e. The van der Waals surface area contributed by atoms with Gasteiger partial charge < -0.3 is 10.1 Å². The highest BCUT2D eigenvalue weighted by atomic mass is 16.5. The van der Waals surface area contributed by atoms with Gasteiger partial charge in [-0.1, -0.05) is 43.9 Å². The quantitative estimate of drug-likeness (QED) is 0.736. The Morgan fingerprint density at radius 3 is 2.38 bits per heavy atom. The summed E-state index contributed by atoms with van der Waals surface area (Å²) in [6.07, 6.45) is 8.68. The molecular formula is C19H31NO. The van der Waals surface area contributed by atoms with Crippen LogP contribution in [0.25, 0.3) is 0 Å². The highest BCUT2D eigenvalue weighted by Gasteiger charge is 2.16. The topological polar surface area (TPSA) is 21.3 Å². The van der Waals surface area contributed by atoms with Gasteiger partial charge in [-0.2, -0.15) is 0 Å². The van der Waals surface area contributed by atoms with E-state index < -0.39 is 0 Å². The van der Waals surface area contributed by atoms with Crippen LogP contribution in [0.15, 0.2) is 24.3 Å².